The van der Waals surface area contributed by atoms with Gasteiger partial charge in [-0.1, -0.05) is 32.9 Å². The van der Waals surface area contributed by atoms with Gasteiger partial charge in [-0.25, -0.2) is 9.97 Å². The number of hydrogen-bond donors (Lipinski definition) is 1. The van der Waals surface area contributed by atoms with Crippen molar-refractivity contribution in [3.63, 3.8) is 0 Å². The van der Waals surface area contributed by atoms with E-state index in [9.17, 15) is 4.79 Å². The Morgan fingerprint density at radius 3 is 2.77 bits per heavy atom. The van der Waals surface area contributed by atoms with Crippen molar-refractivity contribution in [2.75, 3.05) is 13.7 Å². The van der Waals surface area contributed by atoms with Gasteiger partial charge >= 0.3 is 0 Å². The number of aromatic amines is 1. The van der Waals surface area contributed by atoms with Crippen molar-refractivity contribution in [1.29, 1.82) is 0 Å². The Balaban J connectivity index is 1.62. The van der Waals surface area contributed by atoms with Gasteiger partial charge in [0, 0.05) is 43.2 Å². The number of benzene rings is 1. The Morgan fingerprint density at radius 2 is 2.07 bits per heavy atom. The van der Waals surface area contributed by atoms with Gasteiger partial charge in [-0.2, -0.15) is 0 Å². The Kier molecular flexibility index (Phi) is 5.39. The van der Waals surface area contributed by atoms with Crippen molar-refractivity contribution in [2.45, 2.75) is 45.7 Å². The number of nitrogens with zero attached hydrogens (tertiary/aromatic N) is 4. The van der Waals surface area contributed by atoms with Gasteiger partial charge < -0.3 is 9.72 Å². The van der Waals surface area contributed by atoms with Crippen molar-refractivity contribution in [1.82, 2.24) is 24.8 Å². The van der Waals surface area contributed by atoms with Gasteiger partial charge in [-0.05, 0) is 23.5 Å². The van der Waals surface area contributed by atoms with Crippen LogP contribution in [-0.2, 0) is 24.9 Å². The lowest BCUT2D eigenvalue weighted by Crippen LogP contribution is -2.35. The van der Waals surface area contributed by atoms with Crippen LogP contribution in [0.4, 0.5) is 0 Å². The number of nitrogens with one attached hydrogen (secondary N) is 1. The predicted molar refractivity (Wildman–Crippen MR) is 115 cm³/mol. The minimum atomic E-state index is -0.0902. The third-order valence-corrected chi connectivity index (χ3v) is 5.50. The van der Waals surface area contributed by atoms with Crippen LogP contribution in [0.5, 0.6) is 5.75 Å². The second kappa shape index (κ2) is 7.99. The molecule has 0 radical (unpaired) electrons. The van der Waals surface area contributed by atoms with Gasteiger partial charge in [0.2, 0.25) is 0 Å². The maximum Gasteiger partial charge on any atom is 0.254 e. The maximum atomic E-state index is 12.6. The van der Waals surface area contributed by atoms with Crippen LogP contribution < -0.4 is 10.3 Å². The molecule has 1 N–H and O–H groups in total. The lowest BCUT2D eigenvalue weighted by Gasteiger charge is -2.29. The predicted octanol–water partition coefficient (Wildman–Crippen LogP) is 3.09. The van der Waals surface area contributed by atoms with Crippen LogP contribution in [0, 0.1) is 0 Å². The van der Waals surface area contributed by atoms with Crippen LogP contribution in [0.25, 0.3) is 11.5 Å². The SMILES string of the molecule is COc1ccc(C(C)(C)C)cc1CN1CCc2c(nc(-c3cnccn3)[nH]c2=O)C1. The molecule has 0 spiro atoms. The molecule has 0 unspecified atom stereocenters. The van der Waals surface area contributed by atoms with Crippen molar-refractivity contribution >= 4 is 0 Å². The molecule has 2 aromatic heterocycles. The van der Waals surface area contributed by atoms with Gasteiger partial charge in [-0.3, -0.25) is 14.7 Å². The fourth-order valence-corrected chi connectivity index (χ4v) is 3.78. The average molecular weight is 406 g/mol. The molecule has 4 rings (SSSR count). The molecule has 3 aromatic rings. The summed E-state index contributed by atoms with van der Waals surface area (Å²) in [5, 5.41) is 0. The fraction of sp³-hybridized carbons (Fsp3) is 0.391. The number of H-pyrrole nitrogens is 1. The highest BCUT2D eigenvalue weighted by Crippen LogP contribution is 2.29. The minimum Gasteiger partial charge on any atom is -0.496 e. The first-order chi connectivity index (χ1) is 14.3. The Hall–Kier alpha value is -3.06. The van der Waals surface area contributed by atoms with Crippen LogP contribution >= 0.6 is 0 Å². The number of methoxy groups -OCH3 is 1. The molecule has 156 valence electrons. The van der Waals surface area contributed by atoms with E-state index < -0.39 is 0 Å². The summed E-state index contributed by atoms with van der Waals surface area (Å²) >= 11 is 0. The van der Waals surface area contributed by atoms with Crippen molar-refractivity contribution in [3.8, 4) is 17.3 Å². The number of ether oxygens (including phenoxy) is 1. The number of aromatic nitrogens is 4. The van der Waals surface area contributed by atoms with Gasteiger partial charge in [0.25, 0.3) is 5.56 Å². The lowest BCUT2D eigenvalue weighted by atomic mass is 9.86. The van der Waals surface area contributed by atoms with E-state index in [0.717, 1.165) is 35.7 Å². The first-order valence-corrected chi connectivity index (χ1v) is 10.1. The van der Waals surface area contributed by atoms with Crippen molar-refractivity contribution in [3.05, 3.63) is 69.5 Å². The number of fused-ring (bicyclic) bond motifs is 1. The molecule has 0 amide bonds. The van der Waals surface area contributed by atoms with Crippen LogP contribution in [0.1, 0.15) is 43.2 Å². The molecule has 30 heavy (non-hydrogen) atoms. The smallest absolute Gasteiger partial charge is 0.254 e. The highest BCUT2D eigenvalue weighted by molar-refractivity contribution is 5.47. The normalized spacial score (nSPS) is 14.4. The molecule has 7 nitrogen and oxygen atoms in total. The van der Waals surface area contributed by atoms with E-state index in [-0.39, 0.29) is 11.0 Å². The zero-order valence-corrected chi connectivity index (χ0v) is 17.9. The summed E-state index contributed by atoms with van der Waals surface area (Å²) in [7, 11) is 1.70. The Morgan fingerprint density at radius 1 is 1.23 bits per heavy atom. The van der Waals surface area contributed by atoms with Crippen molar-refractivity contribution < 1.29 is 4.74 Å². The molecule has 3 heterocycles. The summed E-state index contributed by atoms with van der Waals surface area (Å²) in [4.78, 5) is 30.8. The molecule has 1 aliphatic heterocycles. The van der Waals surface area contributed by atoms with Crippen LogP contribution in [0.2, 0.25) is 0 Å². The van der Waals surface area contributed by atoms with E-state index in [2.05, 4.69) is 52.8 Å². The van der Waals surface area contributed by atoms with Crippen LogP contribution in [0.3, 0.4) is 0 Å². The molecule has 0 fully saturated rings. The largest absolute Gasteiger partial charge is 0.496 e. The van der Waals surface area contributed by atoms with Crippen LogP contribution in [-0.4, -0.2) is 38.5 Å². The molecule has 0 saturated heterocycles. The summed E-state index contributed by atoms with van der Waals surface area (Å²) in [5.74, 6) is 1.34. The monoisotopic (exact) mass is 405 g/mol. The summed E-state index contributed by atoms with van der Waals surface area (Å²) in [6.07, 6.45) is 5.46. The van der Waals surface area contributed by atoms with Crippen LogP contribution in [0.15, 0.2) is 41.6 Å². The summed E-state index contributed by atoms with van der Waals surface area (Å²) in [6, 6.07) is 6.40. The highest BCUT2D eigenvalue weighted by atomic mass is 16.5. The number of rotatable bonds is 4. The summed E-state index contributed by atoms with van der Waals surface area (Å²) < 4.78 is 5.61. The van der Waals surface area contributed by atoms with Gasteiger partial charge in [-0.15, -0.1) is 0 Å². The fourth-order valence-electron chi connectivity index (χ4n) is 3.78. The Labute approximate surface area is 176 Å². The van der Waals surface area contributed by atoms with E-state index in [1.165, 1.54) is 5.56 Å². The van der Waals surface area contributed by atoms with E-state index in [1.54, 1.807) is 25.7 Å². The molecule has 0 saturated carbocycles. The van der Waals surface area contributed by atoms with Gasteiger partial charge in [0.05, 0.1) is 19.0 Å². The molecule has 7 heteroatoms. The lowest BCUT2D eigenvalue weighted by molar-refractivity contribution is 0.237. The molecular formula is C23H27N5O2. The average Bonchev–Trinajstić information content (AvgIpc) is 2.73. The van der Waals surface area contributed by atoms with E-state index in [0.29, 0.717) is 24.5 Å². The number of hydrogen-bond acceptors (Lipinski definition) is 6. The molecule has 0 atom stereocenters. The van der Waals surface area contributed by atoms with Gasteiger partial charge in [0.15, 0.2) is 5.82 Å². The third kappa shape index (κ3) is 4.11. The standard InChI is InChI=1S/C23H27N5O2/c1-23(2,3)16-5-6-20(30-4)15(11-16)13-28-10-7-17-19(14-28)26-21(27-22(17)29)18-12-24-8-9-25-18/h5-6,8-9,11-12H,7,10,13-14H2,1-4H3,(H,26,27,29). The maximum absolute atomic E-state index is 12.6. The topological polar surface area (TPSA) is 84.0 Å². The van der Waals surface area contributed by atoms with E-state index >= 15 is 0 Å². The summed E-state index contributed by atoms with van der Waals surface area (Å²) in [5.41, 5.74) is 4.52. The van der Waals surface area contributed by atoms with Crippen molar-refractivity contribution in [2.24, 2.45) is 0 Å². The first-order valence-electron chi connectivity index (χ1n) is 10.1. The Bertz CT molecular complexity index is 1100. The molecule has 1 aliphatic rings. The minimum absolute atomic E-state index is 0.0655. The zero-order valence-electron chi connectivity index (χ0n) is 17.9. The second-order valence-electron chi connectivity index (χ2n) is 8.67. The molecule has 0 bridgehead atoms. The van der Waals surface area contributed by atoms with Gasteiger partial charge in [0.1, 0.15) is 11.4 Å². The van der Waals surface area contributed by atoms with E-state index in [1.807, 2.05) is 6.07 Å². The quantitative estimate of drug-likeness (QED) is 0.718. The second-order valence-corrected chi connectivity index (χ2v) is 8.67. The molecule has 1 aromatic carbocycles. The molecular weight excluding hydrogens is 378 g/mol. The third-order valence-electron chi connectivity index (χ3n) is 5.50. The summed E-state index contributed by atoms with van der Waals surface area (Å²) in [6.45, 7) is 8.77. The first kappa shape index (κ1) is 20.2. The zero-order chi connectivity index (χ0) is 21.3. The highest BCUT2D eigenvalue weighted by Gasteiger charge is 2.23. The van der Waals surface area contributed by atoms with E-state index in [4.69, 9.17) is 9.72 Å². The molecule has 0 aliphatic carbocycles.